The predicted octanol–water partition coefficient (Wildman–Crippen LogP) is 1.94. The van der Waals surface area contributed by atoms with E-state index in [2.05, 4.69) is 0 Å². The molecule has 0 aliphatic heterocycles. The third-order valence-corrected chi connectivity index (χ3v) is 3.73. The molecular formula is C17H22N2O3. The molecule has 0 saturated carbocycles. The molecule has 118 valence electrons. The fraction of sp³-hybridized carbons (Fsp3) is 0.353. The molecule has 0 unspecified atom stereocenters. The van der Waals surface area contributed by atoms with E-state index in [0.717, 1.165) is 22.6 Å². The summed E-state index contributed by atoms with van der Waals surface area (Å²) in [5.74, 6) is 0.730. The second kappa shape index (κ2) is 7.24. The summed E-state index contributed by atoms with van der Waals surface area (Å²) in [7, 11) is 3.24. The Balaban J connectivity index is 2.71. The Bertz CT molecular complexity index is 708. The van der Waals surface area contributed by atoms with Crippen molar-refractivity contribution in [1.82, 2.24) is 4.57 Å². The molecule has 5 nitrogen and oxygen atoms in total. The third kappa shape index (κ3) is 3.05. The van der Waals surface area contributed by atoms with Gasteiger partial charge in [-0.05, 0) is 30.7 Å². The van der Waals surface area contributed by atoms with E-state index in [9.17, 15) is 4.79 Å². The number of rotatable bonds is 6. The molecule has 0 atom stereocenters. The van der Waals surface area contributed by atoms with Crippen LogP contribution in [-0.2, 0) is 17.8 Å². The van der Waals surface area contributed by atoms with E-state index in [-0.39, 0.29) is 12.1 Å². The summed E-state index contributed by atoms with van der Waals surface area (Å²) in [5, 5.41) is 0. The topological polar surface area (TPSA) is 66.5 Å². The van der Waals surface area contributed by atoms with Crippen LogP contribution >= 0.6 is 0 Å². The zero-order valence-electron chi connectivity index (χ0n) is 13.3. The van der Waals surface area contributed by atoms with Crippen molar-refractivity contribution in [2.45, 2.75) is 20.0 Å². The molecule has 2 aromatic rings. The highest BCUT2D eigenvalue weighted by Gasteiger charge is 2.15. The summed E-state index contributed by atoms with van der Waals surface area (Å²) < 4.78 is 12.3. The van der Waals surface area contributed by atoms with Gasteiger partial charge in [0.1, 0.15) is 5.75 Å². The van der Waals surface area contributed by atoms with Crippen molar-refractivity contribution in [3.05, 3.63) is 51.8 Å². The summed E-state index contributed by atoms with van der Waals surface area (Å²) in [4.78, 5) is 12.7. The molecule has 0 bridgehead atoms. The van der Waals surface area contributed by atoms with Gasteiger partial charge in [0.15, 0.2) is 0 Å². The number of benzene rings is 1. The molecule has 1 heterocycles. The molecule has 0 amide bonds. The van der Waals surface area contributed by atoms with Gasteiger partial charge >= 0.3 is 0 Å². The quantitative estimate of drug-likeness (QED) is 0.885. The highest BCUT2D eigenvalue weighted by atomic mass is 16.5. The van der Waals surface area contributed by atoms with Gasteiger partial charge in [0.2, 0.25) is 0 Å². The Kier molecular flexibility index (Phi) is 5.35. The molecule has 5 heteroatoms. The van der Waals surface area contributed by atoms with E-state index >= 15 is 0 Å². The van der Waals surface area contributed by atoms with Crippen LogP contribution in [0.5, 0.6) is 5.75 Å². The lowest BCUT2D eigenvalue weighted by molar-refractivity contribution is 0.186. The minimum atomic E-state index is -0.0690. The van der Waals surface area contributed by atoms with E-state index in [4.69, 9.17) is 15.2 Å². The molecule has 0 aliphatic carbocycles. The fourth-order valence-corrected chi connectivity index (χ4v) is 2.54. The largest absolute Gasteiger partial charge is 0.496 e. The first-order chi connectivity index (χ1) is 10.6. The summed E-state index contributed by atoms with van der Waals surface area (Å²) in [6.45, 7) is 3.05. The Morgan fingerprint density at radius 2 is 1.95 bits per heavy atom. The van der Waals surface area contributed by atoms with Crippen LogP contribution in [0.3, 0.4) is 0 Å². The second-order valence-corrected chi connectivity index (χ2v) is 5.05. The lowest BCUT2D eigenvalue weighted by Crippen LogP contribution is -2.29. The van der Waals surface area contributed by atoms with Crippen molar-refractivity contribution < 1.29 is 9.47 Å². The van der Waals surface area contributed by atoms with Gasteiger partial charge in [0.25, 0.3) is 5.56 Å². The number of para-hydroxylation sites is 1. The fourth-order valence-electron chi connectivity index (χ4n) is 2.54. The minimum absolute atomic E-state index is 0.0690. The van der Waals surface area contributed by atoms with Gasteiger partial charge in [-0.2, -0.15) is 0 Å². The van der Waals surface area contributed by atoms with Gasteiger partial charge in [-0.25, -0.2) is 0 Å². The van der Waals surface area contributed by atoms with Crippen molar-refractivity contribution in [3.8, 4) is 17.0 Å². The minimum Gasteiger partial charge on any atom is -0.496 e. The lowest BCUT2D eigenvalue weighted by Gasteiger charge is -2.18. The van der Waals surface area contributed by atoms with E-state index < -0.39 is 0 Å². The molecule has 0 fully saturated rings. The van der Waals surface area contributed by atoms with Gasteiger partial charge in [-0.15, -0.1) is 0 Å². The first-order valence-corrected chi connectivity index (χ1v) is 7.19. The third-order valence-electron chi connectivity index (χ3n) is 3.73. The normalized spacial score (nSPS) is 10.7. The van der Waals surface area contributed by atoms with Gasteiger partial charge in [-0.3, -0.25) is 4.79 Å². The number of ether oxygens (including phenoxy) is 2. The second-order valence-electron chi connectivity index (χ2n) is 5.05. The van der Waals surface area contributed by atoms with Crippen LogP contribution in [-0.4, -0.2) is 25.4 Å². The molecule has 0 radical (unpaired) electrons. The van der Waals surface area contributed by atoms with Crippen molar-refractivity contribution >= 4 is 0 Å². The average molecular weight is 302 g/mol. The zero-order chi connectivity index (χ0) is 16.1. The van der Waals surface area contributed by atoms with Gasteiger partial charge < -0.3 is 19.8 Å². The van der Waals surface area contributed by atoms with Crippen LogP contribution < -0.4 is 16.0 Å². The maximum Gasteiger partial charge on any atom is 0.255 e. The highest BCUT2D eigenvalue weighted by Crippen LogP contribution is 2.29. The maximum atomic E-state index is 12.7. The number of hydrogen-bond donors (Lipinski definition) is 1. The molecule has 2 N–H and O–H groups in total. The van der Waals surface area contributed by atoms with Crippen molar-refractivity contribution in [1.29, 1.82) is 0 Å². The van der Waals surface area contributed by atoms with Crippen molar-refractivity contribution in [2.75, 3.05) is 20.8 Å². The highest BCUT2D eigenvalue weighted by molar-refractivity contribution is 5.68. The summed E-state index contributed by atoms with van der Waals surface area (Å²) in [6.07, 6.45) is 0. The molecule has 0 spiro atoms. The van der Waals surface area contributed by atoms with Gasteiger partial charge in [0, 0.05) is 31.3 Å². The van der Waals surface area contributed by atoms with Crippen LogP contribution in [0.1, 0.15) is 11.1 Å². The number of methoxy groups -OCH3 is 2. The number of aryl methyl sites for hydroxylation is 1. The van der Waals surface area contributed by atoms with Gasteiger partial charge in [0.05, 0.1) is 19.4 Å². The van der Waals surface area contributed by atoms with Gasteiger partial charge in [-0.1, -0.05) is 12.1 Å². The first-order valence-electron chi connectivity index (χ1n) is 7.19. The lowest BCUT2D eigenvalue weighted by atomic mass is 10.0. The SMILES string of the molecule is COCCn1c(-c2ccccc2OC)cc(C)c(CN)c1=O. The van der Waals surface area contributed by atoms with Crippen LogP contribution in [0, 0.1) is 6.92 Å². The number of nitrogens with zero attached hydrogens (tertiary/aromatic N) is 1. The van der Waals surface area contributed by atoms with E-state index in [1.165, 1.54) is 0 Å². The number of pyridine rings is 1. The average Bonchev–Trinajstić information content (AvgIpc) is 2.54. The van der Waals surface area contributed by atoms with Crippen LogP contribution in [0.15, 0.2) is 35.1 Å². The Morgan fingerprint density at radius 1 is 1.23 bits per heavy atom. The summed E-state index contributed by atoms with van der Waals surface area (Å²) >= 11 is 0. The molecule has 2 rings (SSSR count). The molecule has 0 saturated heterocycles. The number of aromatic nitrogens is 1. The van der Waals surface area contributed by atoms with Crippen LogP contribution in [0.25, 0.3) is 11.3 Å². The van der Waals surface area contributed by atoms with E-state index in [1.807, 2.05) is 37.3 Å². The summed E-state index contributed by atoms with van der Waals surface area (Å²) in [5.41, 5.74) is 8.87. The van der Waals surface area contributed by atoms with Crippen molar-refractivity contribution in [3.63, 3.8) is 0 Å². The van der Waals surface area contributed by atoms with Crippen molar-refractivity contribution in [2.24, 2.45) is 5.73 Å². The maximum absolute atomic E-state index is 12.7. The molecule has 0 aliphatic rings. The van der Waals surface area contributed by atoms with E-state index in [0.29, 0.717) is 18.7 Å². The summed E-state index contributed by atoms with van der Waals surface area (Å²) in [6, 6.07) is 9.64. The Morgan fingerprint density at radius 3 is 2.59 bits per heavy atom. The van der Waals surface area contributed by atoms with Crippen LogP contribution in [0.4, 0.5) is 0 Å². The smallest absolute Gasteiger partial charge is 0.255 e. The number of nitrogens with two attached hydrogens (primary N) is 1. The first kappa shape index (κ1) is 16.3. The molecular weight excluding hydrogens is 280 g/mol. The van der Waals surface area contributed by atoms with Crippen LogP contribution in [0.2, 0.25) is 0 Å². The molecule has 1 aromatic heterocycles. The molecule has 22 heavy (non-hydrogen) atoms. The Labute approximate surface area is 130 Å². The Hall–Kier alpha value is -2.11. The molecule has 1 aromatic carbocycles. The zero-order valence-corrected chi connectivity index (χ0v) is 13.3. The predicted molar refractivity (Wildman–Crippen MR) is 87.2 cm³/mol. The number of hydrogen-bond acceptors (Lipinski definition) is 4. The van der Waals surface area contributed by atoms with E-state index in [1.54, 1.807) is 18.8 Å². The standard InChI is InChI=1S/C17H22N2O3/c1-12-10-15(13-6-4-5-7-16(13)22-3)19(8-9-21-2)17(20)14(12)11-18/h4-7,10H,8-9,11,18H2,1-3H3. The monoisotopic (exact) mass is 302 g/mol.